The van der Waals surface area contributed by atoms with Crippen LogP contribution in [0, 0.1) is 6.92 Å². The highest BCUT2D eigenvalue weighted by Gasteiger charge is 2.40. The molecule has 238 valence electrons. The Kier molecular flexibility index (Phi) is 9.27. The number of aromatic nitrogens is 4. The number of likely N-dealkylation sites (tertiary alicyclic amines) is 1. The number of nitrogens with zero attached hydrogens (tertiary/aromatic N) is 6. The van der Waals surface area contributed by atoms with Gasteiger partial charge in [-0.3, -0.25) is 19.5 Å². The van der Waals surface area contributed by atoms with E-state index in [4.69, 9.17) is 37.8 Å². The van der Waals surface area contributed by atoms with E-state index in [-0.39, 0.29) is 23.6 Å². The summed E-state index contributed by atoms with van der Waals surface area (Å²) >= 11 is 13.7. The number of amides is 1. The van der Waals surface area contributed by atoms with Crippen molar-refractivity contribution in [2.75, 3.05) is 64.0 Å². The lowest BCUT2D eigenvalue weighted by Gasteiger charge is -2.46. The van der Waals surface area contributed by atoms with Crippen LogP contribution in [0.4, 0.5) is 5.82 Å². The van der Waals surface area contributed by atoms with Crippen LogP contribution in [0.1, 0.15) is 51.3 Å². The molecule has 12 heteroatoms. The molecule has 3 aromatic rings. The Morgan fingerprint density at radius 1 is 1.16 bits per heavy atom. The molecule has 0 unspecified atom stereocenters. The Labute approximate surface area is 269 Å². The first kappa shape index (κ1) is 31.4. The second-order valence-corrected chi connectivity index (χ2v) is 13.6. The number of fused-ring (bicyclic) bond motifs is 1. The van der Waals surface area contributed by atoms with Crippen LogP contribution in [-0.2, 0) is 14.3 Å². The van der Waals surface area contributed by atoms with Gasteiger partial charge in [-0.25, -0.2) is 0 Å². The minimum absolute atomic E-state index is 0.0214. The van der Waals surface area contributed by atoms with E-state index >= 15 is 0 Å². The Bertz CT molecular complexity index is 1510. The van der Waals surface area contributed by atoms with Gasteiger partial charge < -0.3 is 19.3 Å². The molecule has 3 aliphatic rings. The Morgan fingerprint density at radius 3 is 2.61 bits per heavy atom. The average molecular weight is 645 g/mol. The first-order valence-electron chi connectivity index (χ1n) is 15.7. The molecule has 1 aromatic carbocycles. The van der Waals surface area contributed by atoms with Gasteiger partial charge in [0.05, 0.1) is 53.7 Å². The summed E-state index contributed by atoms with van der Waals surface area (Å²) in [5, 5.41) is 14.6. The highest BCUT2D eigenvalue weighted by atomic mass is 35.5. The predicted molar refractivity (Wildman–Crippen MR) is 175 cm³/mol. The van der Waals surface area contributed by atoms with E-state index in [0.29, 0.717) is 23.1 Å². The van der Waals surface area contributed by atoms with Crippen molar-refractivity contribution in [2.24, 2.45) is 0 Å². The zero-order valence-corrected chi connectivity index (χ0v) is 27.5. The third kappa shape index (κ3) is 6.11. The van der Waals surface area contributed by atoms with Crippen LogP contribution in [0.5, 0.6) is 0 Å². The maximum absolute atomic E-state index is 12.3. The second kappa shape index (κ2) is 13.0. The van der Waals surface area contributed by atoms with E-state index in [0.717, 1.165) is 105 Å². The number of carbonyl (C=O) groups excluding carboxylic acids is 1. The topological polar surface area (TPSA) is 91.8 Å². The number of hydrogen-bond acceptors (Lipinski definition) is 7. The van der Waals surface area contributed by atoms with E-state index in [1.54, 1.807) is 0 Å². The fraction of sp³-hybridized carbons (Fsp3) is 0.594. The summed E-state index contributed by atoms with van der Waals surface area (Å²) in [5.41, 5.74) is 3.46. The zero-order chi connectivity index (χ0) is 31.0. The van der Waals surface area contributed by atoms with Crippen molar-refractivity contribution in [3.63, 3.8) is 0 Å². The van der Waals surface area contributed by atoms with Crippen molar-refractivity contribution in [3.05, 3.63) is 40.7 Å². The molecule has 0 radical (unpaired) electrons. The van der Waals surface area contributed by atoms with E-state index in [2.05, 4.69) is 52.0 Å². The fourth-order valence-corrected chi connectivity index (χ4v) is 7.59. The van der Waals surface area contributed by atoms with Crippen molar-refractivity contribution in [1.82, 2.24) is 29.8 Å². The first-order chi connectivity index (χ1) is 21.2. The number of halogens is 2. The predicted octanol–water partition coefficient (Wildman–Crippen LogP) is 5.49. The summed E-state index contributed by atoms with van der Waals surface area (Å²) in [6.07, 6.45) is 6.80. The Hall–Kier alpha value is -2.63. The van der Waals surface area contributed by atoms with Gasteiger partial charge in [-0.15, -0.1) is 0 Å². The van der Waals surface area contributed by atoms with Crippen LogP contribution in [-0.4, -0.2) is 106 Å². The van der Waals surface area contributed by atoms with Crippen molar-refractivity contribution in [3.8, 4) is 11.1 Å². The van der Waals surface area contributed by atoms with Crippen molar-refractivity contribution < 1.29 is 14.3 Å². The molecule has 2 aromatic heterocycles. The number of carbonyl (C=O) groups is 1. The summed E-state index contributed by atoms with van der Waals surface area (Å²) in [5.74, 6) is 0.877. The largest absolute Gasteiger partial charge is 0.379 e. The molecule has 1 N–H and O–H groups in total. The maximum atomic E-state index is 12.3. The summed E-state index contributed by atoms with van der Waals surface area (Å²) in [6.45, 7) is 17.7. The maximum Gasteiger partial charge on any atom is 0.245 e. The number of H-pyrrole nitrogens is 1. The lowest BCUT2D eigenvalue weighted by molar-refractivity contribution is -0.127. The number of nitrogens with one attached hydrogen (secondary N) is 1. The summed E-state index contributed by atoms with van der Waals surface area (Å²) in [4.78, 5) is 19.0. The molecule has 3 aliphatic heterocycles. The minimum atomic E-state index is -0.220. The smallest absolute Gasteiger partial charge is 0.245 e. The van der Waals surface area contributed by atoms with Gasteiger partial charge in [0.25, 0.3) is 0 Å². The van der Waals surface area contributed by atoms with Crippen LogP contribution in [0.15, 0.2) is 24.9 Å². The number of morpholine rings is 1. The molecule has 1 atom stereocenters. The number of ether oxygens (including phenoxy) is 2. The van der Waals surface area contributed by atoms with Gasteiger partial charge in [0.1, 0.15) is 0 Å². The third-order valence-corrected chi connectivity index (χ3v) is 10.4. The van der Waals surface area contributed by atoms with Gasteiger partial charge in [-0.1, -0.05) is 29.8 Å². The number of benzene rings is 1. The monoisotopic (exact) mass is 643 g/mol. The molecule has 0 saturated carbocycles. The molecule has 0 spiro atoms. The fourth-order valence-electron chi connectivity index (χ4n) is 7.13. The lowest BCUT2D eigenvalue weighted by atomic mass is 9.87. The number of aromatic amines is 1. The highest BCUT2D eigenvalue weighted by Crippen LogP contribution is 2.47. The molecular formula is C32H43Cl2N7O3. The molecule has 5 heterocycles. The van der Waals surface area contributed by atoms with Crippen molar-refractivity contribution >= 4 is 45.8 Å². The van der Waals surface area contributed by atoms with Gasteiger partial charge in [0, 0.05) is 67.0 Å². The Morgan fingerprint density at radius 2 is 1.91 bits per heavy atom. The van der Waals surface area contributed by atoms with E-state index in [1.165, 1.54) is 6.08 Å². The summed E-state index contributed by atoms with van der Waals surface area (Å²) < 4.78 is 14.1. The van der Waals surface area contributed by atoms with E-state index in [9.17, 15) is 4.79 Å². The van der Waals surface area contributed by atoms with E-state index < -0.39 is 0 Å². The second-order valence-electron chi connectivity index (χ2n) is 12.8. The molecular weight excluding hydrogens is 601 g/mol. The zero-order valence-electron chi connectivity index (χ0n) is 26.0. The lowest BCUT2D eigenvalue weighted by Crippen LogP contribution is -2.53. The summed E-state index contributed by atoms with van der Waals surface area (Å²) in [7, 11) is 0. The van der Waals surface area contributed by atoms with Crippen LogP contribution >= 0.6 is 23.2 Å². The molecule has 10 nitrogen and oxygen atoms in total. The first-order valence-corrected chi connectivity index (χ1v) is 16.4. The standard InChI is InChI=1S/C32H43Cl2N7O3/c1-5-27(42)39-9-6-22(7-10-39)41-21(2)28(29-24-20-35-36-26(24)18-25(33)30(29)34)31(37-41)40-11-8-23(19-32(40,3)4)44-17-14-38-12-15-43-16-13-38/h5,18,20,22-23H,1,6-17,19H2,2-4H3,(H,35,36)/t23-/m1/s1. The molecule has 3 saturated heterocycles. The van der Waals surface area contributed by atoms with Crippen molar-refractivity contribution in [1.29, 1.82) is 0 Å². The van der Waals surface area contributed by atoms with Crippen LogP contribution in [0.2, 0.25) is 10.0 Å². The van der Waals surface area contributed by atoms with Crippen LogP contribution < -0.4 is 4.90 Å². The number of hydrogen-bond donors (Lipinski definition) is 1. The van der Waals surface area contributed by atoms with Gasteiger partial charge in [-0.05, 0) is 58.6 Å². The number of rotatable bonds is 8. The molecule has 44 heavy (non-hydrogen) atoms. The normalized spacial score (nSPS) is 21.7. The van der Waals surface area contributed by atoms with Gasteiger partial charge in [0.2, 0.25) is 5.91 Å². The average Bonchev–Trinajstić information content (AvgIpc) is 3.61. The van der Waals surface area contributed by atoms with Crippen LogP contribution in [0.25, 0.3) is 22.0 Å². The number of piperidine rings is 2. The summed E-state index contributed by atoms with van der Waals surface area (Å²) in [6, 6.07) is 1.98. The molecule has 1 amide bonds. The van der Waals surface area contributed by atoms with Gasteiger partial charge in [0.15, 0.2) is 5.82 Å². The third-order valence-electron chi connectivity index (χ3n) is 9.57. The van der Waals surface area contributed by atoms with Gasteiger partial charge >= 0.3 is 0 Å². The highest BCUT2D eigenvalue weighted by molar-refractivity contribution is 6.45. The van der Waals surface area contributed by atoms with E-state index in [1.807, 2.05) is 17.2 Å². The molecule has 3 fully saturated rings. The molecule has 6 rings (SSSR count). The Balaban J connectivity index is 1.31. The van der Waals surface area contributed by atoms with Crippen molar-refractivity contribution in [2.45, 2.75) is 64.1 Å². The van der Waals surface area contributed by atoms with Gasteiger partial charge in [-0.2, -0.15) is 10.2 Å². The van der Waals surface area contributed by atoms with Crippen LogP contribution in [0.3, 0.4) is 0 Å². The quantitative estimate of drug-likeness (QED) is 0.325. The molecule has 0 aliphatic carbocycles. The number of anilines is 1. The minimum Gasteiger partial charge on any atom is -0.379 e. The molecule has 0 bridgehead atoms. The SMILES string of the molecule is C=CC(=O)N1CCC(n2nc(N3CC[C@@H](OCCN4CCOCC4)CC3(C)C)c(-c3c(Cl)c(Cl)cc4[nH]ncc34)c2C)CC1.